The number of hydrogen-bond donors (Lipinski definition) is 2. The van der Waals surface area contributed by atoms with E-state index in [0.717, 1.165) is 18.2 Å². The summed E-state index contributed by atoms with van der Waals surface area (Å²) in [7, 11) is -0.910. The van der Waals surface area contributed by atoms with Gasteiger partial charge in [0.25, 0.3) is 0 Å². The van der Waals surface area contributed by atoms with Gasteiger partial charge in [0.1, 0.15) is 4.90 Å². The Morgan fingerprint density at radius 3 is 2.45 bits per heavy atom. The second kappa shape index (κ2) is 8.37. The largest absolute Gasteiger partial charge is 0.504 e. The molecule has 176 valence electrons. The molecule has 0 saturated heterocycles. The molecule has 0 aliphatic heterocycles. The molecule has 2 unspecified atom stereocenters. The number of benzene rings is 1. The molecule has 0 heterocycles. The molecule has 0 spiro atoms. The SMILES string of the molecule is COc1cc2c(c(O)c1OC)-c1ccc(S(C)(=O)=O)c(=O)cc1[C@@H](NC(=O)C1CC1C)CC2. The average Bonchev–Trinajstić information content (AvgIpc) is 3.52. The van der Waals surface area contributed by atoms with Crippen molar-refractivity contribution in [3.63, 3.8) is 0 Å². The molecule has 3 atom stereocenters. The molecule has 0 bridgehead atoms. The summed E-state index contributed by atoms with van der Waals surface area (Å²) in [5.41, 5.74) is 1.41. The van der Waals surface area contributed by atoms with Gasteiger partial charge < -0.3 is 19.9 Å². The number of fused-ring (bicyclic) bond motifs is 3. The van der Waals surface area contributed by atoms with E-state index in [2.05, 4.69) is 5.32 Å². The normalized spacial score (nSPS) is 21.3. The van der Waals surface area contributed by atoms with Crippen LogP contribution in [0.5, 0.6) is 17.2 Å². The first kappa shape index (κ1) is 23.1. The number of phenolic OH excluding ortho intramolecular Hbond substituents is 1. The minimum Gasteiger partial charge on any atom is -0.504 e. The lowest BCUT2D eigenvalue weighted by atomic mass is 9.95. The quantitative estimate of drug-likeness (QED) is 0.685. The molecule has 2 aromatic carbocycles. The molecule has 2 aromatic rings. The van der Waals surface area contributed by atoms with Crippen LogP contribution in [0.25, 0.3) is 11.1 Å². The van der Waals surface area contributed by atoms with Crippen LogP contribution in [-0.2, 0) is 21.1 Å². The Labute approximate surface area is 192 Å². The van der Waals surface area contributed by atoms with Gasteiger partial charge in [0, 0.05) is 17.7 Å². The molecule has 2 aliphatic rings. The summed E-state index contributed by atoms with van der Waals surface area (Å²) in [5, 5.41) is 14.2. The van der Waals surface area contributed by atoms with Crippen LogP contribution < -0.4 is 20.2 Å². The average molecular weight is 474 g/mol. The van der Waals surface area contributed by atoms with E-state index in [-0.39, 0.29) is 28.2 Å². The highest BCUT2D eigenvalue weighted by molar-refractivity contribution is 7.90. The Balaban J connectivity index is 1.98. The number of carbonyl (C=O) groups is 1. The minimum absolute atomic E-state index is 0.0663. The third-order valence-corrected chi connectivity index (χ3v) is 7.61. The summed E-state index contributed by atoms with van der Waals surface area (Å²) < 4.78 is 35.1. The number of phenols is 1. The predicted molar refractivity (Wildman–Crippen MR) is 123 cm³/mol. The second-order valence-electron chi connectivity index (χ2n) is 8.76. The zero-order valence-electron chi connectivity index (χ0n) is 19.0. The summed E-state index contributed by atoms with van der Waals surface area (Å²) in [6.45, 7) is 2.01. The van der Waals surface area contributed by atoms with E-state index in [1.807, 2.05) is 6.92 Å². The van der Waals surface area contributed by atoms with E-state index < -0.39 is 21.3 Å². The van der Waals surface area contributed by atoms with E-state index in [1.165, 1.54) is 32.4 Å². The van der Waals surface area contributed by atoms with Crippen molar-refractivity contribution in [1.29, 1.82) is 0 Å². The lowest BCUT2D eigenvalue weighted by molar-refractivity contribution is -0.123. The van der Waals surface area contributed by atoms with Gasteiger partial charge in [-0.1, -0.05) is 13.0 Å². The van der Waals surface area contributed by atoms with Gasteiger partial charge in [-0.3, -0.25) is 9.59 Å². The van der Waals surface area contributed by atoms with Crippen LogP contribution in [0.3, 0.4) is 0 Å². The molecular weight excluding hydrogens is 446 g/mol. The number of sulfone groups is 1. The molecular formula is C24H27NO7S. The maximum Gasteiger partial charge on any atom is 0.223 e. The molecule has 0 aromatic heterocycles. The molecule has 1 saturated carbocycles. The second-order valence-corrected chi connectivity index (χ2v) is 10.7. The Bertz CT molecular complexity index is 1300. The highest BCUT2D eigenvalue weighted by atomic mass is 32.2. The molecule has 4 rings (SSSR count). The third-order valence-electron chi connectivity index (χ3n) is 6.48. The van der Waals surface area contributed by atoms with Crippen molar-refractivity contribution in [2.24, 2.45) is 11.8 Å². The molecule has 1 amide bonds. The maximum absolute atomic E-state index is 12.9. The maximum atomic E-state index is 12.9. The van der Waals surface area contributed by atoms with Crippen LogP contribution in [0.2, 0.25) is 0 Å². The van der Waals surface area contributed by atoms with Crippen LogP contribution in [-0.4, -0.2) is 39.9 Å². The van der Waals surface area contributed by atoms with Crippen LogP contribution >= 0.6 is 0 Å². The predicted octanol–water partition coefficient (Wildman–Crippen LogP) is 2.60. The smallest absolute Gasteiger partial charge is 0.223 e. The van der Waals surface area contributed by atoms with Gasteiger partial charge in [-0.2, -0.15) is 0 Å². The number of aromatic hydroxyl groups is 1. The molecule has 8 nitrogen and oxygen atoms in total. The van der Waals surface area contributed by atoms with Crippen molar-refractivity contribution < 1.29 is 27.8 Å². The summed E-state index contributed by atoms with van der Waals surface area (Å²) in [6, 6.07) is 5.26. The Kier molecular flexibility index (Phi) is 5.86. The molecule has 33 heavy (non-hydrogen) atoms. The third kappa shape index (κ3) is 4.17. The van der Waals surface area contributed by atoms with Crippen molar-refractivity contribution in [2.75, 3.05) is 20.5 Å². The van der Waals surface area contributed by atoms with Gasteiger partial charge in [0.05, 0.1) is 20.3 Å². The fraction of sp³-hybridized carbons (Fsp3) is 0.417. The molecule has 9 heteroatoms. The fourth-order valence-corrected chi connectivity index (χ4v) is 5.29. The first-order chi connectivity index (χ1) is 15.6. The van der Waals surface area contributed by atoms with E-state index >= 15 is 0 Å². The zero-order chi connectivity index (χ0) is 24.1. The van der Waals surface area contributed by atoms with Gasteiger partial charge in [-0.25, -0.2) is 8.42 Å². The van der Waals surface area contributed by atoms with Crippen LogP contribution in [0.4, 0.5) is 0 Å². The Morgan fingerprint density at radius 1 is 1.18 bits per heavy atom. The first-order valence-corrected chi connectivity index (χ1v) is 12.6. The van der Waals surface area contributed by atoms with Gasteiger partial charge >= 0.3 is 0 Å². The van der Waals surface area contributed by atoms with E-state index in [9.17, 15) is 23.1 Å². The highest BCUT2D eigenvalue weighted by Gasteiger charge is 2.40. The van der Waals surface area contributed by atoms with Crippen molar-refractivity contribution in [2.45, 2.75) is 37.1 Å². The van der Waals surface area contributed by atoms with Gasteiger partial charge in [0.2, 0.25) is 11.7 Å². The Hall–Kier alpha value is -3.07. The number of carbonyl (C=O) groups excluding carboxylic acids is 1. The number of methoxy groups -OCH3 is 2. The lowest BCUT2D eigenvalue weighted by Crippen LogP contribution is -2.30. The highest BCUT2D eigenvalue weighted by Crippen LogP contribution is 2.49. The van der Waals surface area contributed by atoms with Crippen molar-refractivity contribution in [3.8, 4) is 28.4 Å². The number of ether oxygens (including phenoxy) is 2. The van der Waals surface area contributed by atoms with Crippen LogP contribution in [0.15, 0.2) is 34.0 Å². The van der Waals surface area contributed by atoms with Crippen molar-refractivity contribution >= 4 is 15.7 Å². The molecule has 0 radical (unpaired) electrons. The topological polar surface area (TPSA) is 119 Å². The fourth-order valence-electron chi connectivity index (χ4n) is 4.55. The monoisotopic (exact) mass is 473 g/mol. The summed E-state index contributed by atoms with van der Waals surface area (Å²) in [6.07, 6.45) is 2.73. The summed E-state index contributed by atoms with van der Waals surface area (Å²) in [4.78, 5) is 25.3. The molecule has 2 aliphatic carbocycles. The molecule has 2 N–H and O–H groups in total. The van der Waals surface area contributed by atoms with E-state index in [0.29, 0.717) is 41.2 Å². The van der Waals surface area contributed by atoms with E-state index in [4.69, 9.17) is 9.47 Å². The number of aryl methyl sites for hydroxylation is 1. The summed E-state index contributed by atoms with van der Waals surface area (Å²) >= 11 is 0. The molecule has 1 fully saturated rings. The van der Waals surface area contributed by atoms with Gasteiger partial charge in [-0.05, 0) is 60.1 Å². The zero-order valence-corrected chi connectivity index (χ0v) is 19.8. The van der Waals surface area contributed by atoms with Gasteiger partial charge in [0.15, 0.2) is 26.8 Å². The lowest BCUT2D eigenvalue weighted by Gasteiger charge is -2.19. The van der Waals surface area contributed by atoms with Crippen molar-refractivity contribution in [3.05, 3.63) is 45.6 Å². The minimum atomic E-state index is -3.78. The van der Waals surface area contributed by atoms with E-state index in [1.54, 1.807) is 6.07 Å². The van der Waals surface area contributed by atoms with Crippen LogP contribution in [0, 0.1) is 11.8 Å². The first-order valence-electron chi connectivity index (χ1n) is 10.7. The van der Waals surface area contributed by atoms with Crippen LogP contribution in [0.1, 0.15) is 36.9 Å². The number of rotatable bonds is 5. The number of hydrogen-bond acceptors (Lipinski definition) is 7. The van der Waals surface area contributed by atoms with Crippen molar-refractivity contribution in [1.82, 2.24) is 5.32 Å². The number of amides is 1. The standard InChI is InChI=1S/C24H27NO7S/c1-12-9-15(12)24(28)25-17-7-5-13-10-19(31-2)23(32-3)22(27)21(13)14-6-8-20(33(4,29)30)18(26)11-16(14)17/h6,8,10-12,15,17,27H,5,7,9H2,1-4H3,(H,25,28)/t12?,15?,17-/m0/s1. The number of nitrogens with one attached hydrogen (secondary N) is 1. The summed E-state index contributed by atoms with van der Waals surface area (Å²) in [5.74, 6) is 0.466. The Morgan fingerprint density at radius 2 is 1.88 bits per heavy atom. The van der Waals surface area contributed by atoms with Gasteiger partial charge in [-0.15, -0.1) is 0 Å².